The molecule has 1 aliphatic carbocycles. The summed E-state index contributed by atoms with van der Waals surface area (Å²) in [7, 11) is 0. The third-order valence-corrected chi connectivity index (χ3v) is 5.23. The molecule has 0 radical (unpaired) electrons. The van der Waals surface area contributed by atoms with E-state index in [0.29, 0.717) is 34.3 Å². The zero-order valence-electron chi connectivity index (χ0n) is 14.2. The van der Waals surface area contributed by atoms with Gasteiger partial charge in [0, 0.05) is 24.7 Å². The summed E-state index contributed by atoms with van der Waals surface area (Å²) in [6.07, 6.45) is 2.31. The zero-order valence-corrected chi connectivity index (χ0v) is 15.0. The van der Waals surface area contributed by atoms with Gasteiger partial charge in [0.05, 0.1) is 6.54 Å². The highest BCUT2D eigenvalue weighted by molar-refractivity contribution is 7.11. The van der Waals surface area contributed by atoms with Gasteiger partial charge in [0.2, 0.25) is 0 Å². The Hall–Kier alpha value is -2.41. The van der Waals surface area contributed by atoms with Crippen molar-refractivity contribution in [2.24, 2.45) is 5.92 Å². The van der Waals surface area contributed by atoms with Crippen molar-refractivity contribution in [3.8, 4) is 5.75 Å². The molecule has 0 aliphatic heterocycles. The van der Waals surface area contributed by atoms with Crippen molar-refractivity contribution in [1.29, 1.82) is 0 Å². The first kappa shape index (κ1) is 17.4. The molecule has 132 valence electrons. The molecule has 7 heteroatoms. The molecule has 1 N–H and O–H groups in total. The second-order valence-corrected chi connectivity index (χ2v) is 7.19. The number of para-hydroxylation sites is 1. The number of ether oxygens (including phenoxy) is 1. The average Bonchev–Trinajstić information content (AvgIpc) is 3.35. The lowest BCUT2D eigenvalue weighted by Crippen LogP contribution is -2.25. The van der Waals surface area contributed by atoms with Gasteiger partial charge in [0.25, 0.3) is 5.91 Å². The number of hydrogen-bond acceptors (Lipinski definition) is 5. The van der Waals surface area contributed by atoms with Crippen LogP contribution in [0.1, 0.15) is 40.7 Å². The normalized spacial score (nSPS) is 13.5. The predicted octanol–water partition coefficient (Wildman–Crippen LogP) is 2.33. The van der Waals surface area contributed by atoms with E-state index < -0.39 is 5.97 Å². The summed E-state index contributed by atoms with van der Waals surface area (Å²) in [4.78, 5) is 36.1. The number of hydrogen-bond donors (Lipinski definition) is 1. The van der Waals surface area contributed by atoms with Crippen LogP contribution in [0.3, 0.4) is 0 Å². The van der Waals surface area contributed by atoms with Crippen LogP contribution in [0.15, 0.2) is 29.1 Å². The molecule has 25 heavy (non-hydrogen) atoms. The summed E-state index contributed by atoms with van der Waals surface area (Å²) in [5.41, 5.74) is 1.34. The highest BCUT2D eigenvalue weighted by atomic mass is 32.1. The number of thiazole rings is 1. The van der Waals surface area contributed by atoms with E-state index in [-0.39, 0.29) is 17.3 Å². The predicted molar refractivity (Wildman–Crippen MR) is 95.2 cm³/mol. The van der Waals surface area contributed by atoms with Gasteiger partial charge in [-0.05, 0) is 31.7 Å². The van der Waals surface area contributed by atoms with Crippen LogP contribution < -0.4 is 14.9 Å². The van der Waals surface area contributed by atoms with Gasteiger partial charge in [-0.25, -0.2) is 0 Å². The molecule has 1 aromatic heterocycles. The summed E-state index contributed by atoms with van der Waals surface area (Å²) in [5, 5.41) is 2.89. The van der Waals surface area contributed by atoms with Gasteiger partial charge in [-0.3, -0.25) is 19.0 Å². The Bertz CT molecular complexity index is 864. The number of rotatable bonds is 6. The summed E-state index contributed by atoms with van der Waals surface area (Å²) in [6.45, 7) is 4.01. The molecule has 6 nitrogen and oxygen atoms in total. The minimum absolute atomic E-state index is 0.196. The molecular weight excluding hydrogens is 340 g/mol. The molecule has 1 saturated carbocycles. The van der Waals surface area contributed by atoms with Crippen molar-refractivity contribution in [2.75, 3.05) is 6.54 Å². The largest absolute Gasteiger partial charge is 0.426 e. The van der Waals surface area contributed by atoms with Crippen molar-refractivity contribution in [3.63, 3.8) is 0 Å². The second kappa shape index (κ2) is 7.23. The number of nitrogens with zero attached hydrogens (tertiary/aromatic N) is 1. The molecule has 1 amide bonds. The van der Waals surface area contributed by atoms with E-state index in [9.17, 15) is 14.4 Å². The minimum Gasteiger partial charge on any atom is -0.426 e. The summed E-state index contributed by atoms with van der Waals surface area (Å²) in [6, 6.07) is 7.07. The molecule has 0 spiro atoms. The number of esters is 1. The van der Waals surface area contributed by atoms with Gasteiger partial charge in [-0.1, -0.05) is 29.5 Å². The van der Waals surface area contributed by atoms with Crippen LogP contribution in [0.4, 0.5) is 0 Å². The number of benzene rings is 1. The van der Waals surface area contributed by atoms with Crippen LogP contribution in [0.5, 0.6) is 5.75 Å². The van der Waals surface area contributed by atoms with E-state index in [2.05, 4.69) is 5.32 Å². The first-order valence-corrected chi connectivity index (χ1v) is 9.02. The quantitative estimate of drug-likeness (QED) is 0.634. The zero-order chi connectivity index (χ0) is 18.0. The van der Waals surface area contributed by atoms with E-state index in [1.165, 1.54) is 6.92 Å². The first-order chi connectivity index (χ1) is 12.0. The van der Waals surface area contributed by atoms with Crippen LogP contribution in [0, 0.1) is 12.8 Å². The third-order valence-electron chi connectivity index (χ3n) is 4.15. The maximum absolute atomic E-state index is 12.3. The van der Waals surface area contributed by atoms with Crippen molar-refractivity contribution >= 4 is 23.2 Å². The minimum atomic E-state index is -0.415. The van der Waals surface area contributed by atoms with Crippen molar-refractivity contribution < 1.29 is 14.3 Å². The van der Waals surface area contributed by atoms with Crippen LogP contribution >= 0.6 is 11.3 Å². The maximum Gasteiger partial charge on any atom is 0.308 e. The lowest BCUT2D eigenvalue weighted by atomic mass is 10.2. The molecule has 0 unspecified atom stereocenters. The molecule has 1 aromatic carbocycles. The van der Waals surface area contributed by atoms with Gasteiger partial charge in [-0.2, -0.15) is 0 Å². The van der Waals surface area contributed by atoms with Crippen LogP contribution in [-0.4, -0.2) is 23.0 Å². The van der Waals surface area contributed by atoms with E-state index in [0.717, 1.165) is 24.2 Å². The van der Waals surface area contributed by atoms with Crippen LogP contribution in [-0.2, 0) is 11.3 Å². The molecule has 1 fully saturated rings. The SMILES string of the molecule is CC(=O)Oc1ccccc1Cn1c(C)c(C(=O)NCC2CC2)sc1=O. The number of carbonyl (C=O) groups is 2. The molecule has 0 saturated heterocycles. The molecule has 2 aromatic rings. The van der Waals surface area contributed by atoms with Gasteiger partial charge in [0.1, 0.15) is 10.6 Å². The monoisotopic (exact) mass is 360 g/mol. The first-order valence-electron chi connectivity index (χ1n) is 8.20. The summed E-state index contributed by atoms with van der Waals surface area (Å²) in [5.74, 6) is 0.395. The lowest BCUT2D eigenvalue weighted by molar-refractivity contribution is -0.131. The van der Waals surface area contributed by atoms with E-state index in [1.807, 2.05) is 6.07 Å². The number of carbonyl (C=O) groups excluding carboxylic acids is 2. The second-order valence-electron chi connectivity index (χ2n) is 6.22. The van der Waals surface area contributed by atoms with Gasteiger partial charge in [-0.15, -0.1) is 0 Å². The fraction of sp³-hybridized carbons (Fsp3) is 0.389. The Morgan fingerprint density at radius 1 is 1.32 bits per heavy atom. The Kier molecular flexibility index (Phi) is 5.03. The Morgan fingerprint density at radius 2 is 2.04 bits per heavy atom. The van der Waals surface area contributed by atoms with Gasteiger partial charge >= 0.3 is 10.8 Å². The van der Waals surface area contributed by atoms with Crippen LogP contribution in [0.25, 0.3) is 0 Å². The average molecular weight is 360 g/mol. The van der Waals surface area contributed by atoms with Crippen LogP contribution in [0.2, 0.25) is 0 Å². The van der Waals surface area contributed by atoms with E-state index in [1.54, 1.807) is 29.7 Å². The Morgan fingerprint density at radius 3 is 2.72 bits per heavy atom. The maximum atomic E-state index is 12.3. The van der Waals surface area contributed by atoms with E-state index in [4.69, 9.17) is 4.74 Å². The standard InChI is InChI=1S/C18H20N2O4S/c1-11-16(17(22)19-9-13-7-8-13)25-18(23)20(11)10-14-5-3-4-6-15(14)24-12(2)21/h3-6,13H,7-10H2,1-2H3,(H,19,22). The highest BCUT2D eigenvalue weighted by Crippen LogP contribution is 2.28. The molecular formula is C18H20N2O4S. The van der Waals surface area contributed by atoms with Gasteiger partial charge < -0.3 is 10.1 Å². The highest BCUT2D eigenvalue weighted by Gasteiger charge is 2.24. The topological polar surface area (TPSA) is 77.4 Å². The van der Waals surface area contributed by atoms with E-state index >= 15 is 0 Å². The lowest BCUT2D eigenvalue weighted by Gasteiger charge is -2.10. The molecule has 1 heterocycles. The molecule has 1 aliphatic rings. The molecule has 3 rings (SSSR count). The summed E-state index contributed by atoms with van der Waals surface area (Å²) >= 11 is 0.948. The molecule has 0 bridgehead atoms. The Balaban J connectivity index is 1.82. The molecule has 0 atom stereocenters. The van der Waals surface area contributed by atoms with Crippen molar-refractivity contribution in [1.82, 2.24) is 9.88 Å². The summed E-state index contributed by atoms with van der Waals surface area (Å²) < 4.78 is 6.73. The smallest absolute Gasteiger partial charge is 0.308 e. The van der Waals surface area contributed by atoms with Gasteiger partial charge in [0.15, 0.2) is 0 Å². The van der Waals surface area contributed by atoms with Crippen molar-refractivity contribution in [3.05, 3.63) is 50.1 Å². The number of nitrogens with one attached hydrogen (secondary N) is 1. The fourth-order valence-corrected chi connectivity index (χ4v) is 3.48. The van der Waals surface area contributed by atoms with Crippen molar-refractivity contribution in [2.45, 2.75) is 33.2 Å². The third kappa shape index (κ3) is 4.17. The Labute approximate surface area is 149 Å². The number of amides is 1. The number of aromatic nitrogens is 1. The fourth-order valence-electron chi connectivity index (χ4n) is 2.57.